The minimum absolute atomic E-state index is 0.185. The summed E-state index contributed by atoms with van der Waals surface area (Å²) in [5.41, 5.74) is 0.330. The van der Waals surface area contributed by atoms with Gasteiger partial charge in [0.05, 0.1) is 6.54 Å². The van der Waals surface area contributed by atoms with Crippen LogP contribution in [0.25, 0.3) is 0 Å². The molecular formula is C12H14ClF3N4S. The molecule has 0 unspecified atom stereocenters. The van der Waals surface area contributed by atoms with E-state index < -0.39 is 12.7 Å². The maximum Gasteiger partial charge on any atom is 0.401 e. The third-order valence-corrected chi connectivity index (χ3v) is 4.60. The molecule has 0 bridgehead atoms. The van der Waals surface area contributed by atoms with Crippen molar-refractivity contribution in [2.24, 2.45) is 5.92 Å². The lowest BCUT2D eigenvalue weighted by molar-refractivity contribution is -0.148. The molecule has 1 saturated heterocycles. The van der Waals surface area contributed by atoms with E-state index in [9.17, 15) is 13.2 Å². The number of anilines is 1. The highest BCUT2D eigenvalue weighted by Crippen LogP contribution is 2.29. The van der Waals surface area contributed by atoms with E-state index in [4.69, 9.17) is 16.9 Å². The van der Waals surface area contributed by atoms with Crippen molar-refractivity contribution in [2.75, 3.05) is 31.5 Å². The average molecular weight is 339 g/mol. The molecule has 21 heavy (non-hydrogen) atoms. The first-order valence-electron chi connectivity index (χ1n) is 6.47. The molecule has 0 saturated carbocycles. The Kier molecular flexibility index (Phi) is 5.30. The number of hydrogen-bond donors (Lipinski definition) is 1. The van der Waals surface area contributed by atoms with Gasteiger partial charge in [-0.05, 0) is 43.4 Å². The molecule has 2 heterocycles. The van der Waals surface area contributed by atoms with Crippen LogP contribution in [0.2, 0.25) is 5.15 Å². The molecule has 1 aliphatic heterocycles. The highest BCUT2D eigenvalue weighted by molar-refractivity contribution is 7.10. The summed E-state index contributed by atoms with van der Waals surface area (Å²) in [6.07, 6.45) is -2.72. The molecule has 116 valence electrons. The van der Waals surface area contributed by atoms with Crippen LogP contribution in [-0.4, -0.2) is 41.6 Å². The number of aromatic nitrogens is 1. The van der Waals surface area contributed by atoms with Gasteiger partial charge in [0.2, 0.25) is 0 Å². The lowest BCUT2D eigenvalue weighted by Gasteiger charge is -2.32. The van der Waals surface area contributed by atoms with E-state index in [2.05, 4.69) is 9.69 Å². The van der Waals surface area contributed by atoms with Gasteiger partial charge < -0.3 is 5.32 Å². The van der Waals surface area contributed by atoms with Crippen molar-refractivity contribution in [2.45, 2.75) is 19.0 Å². The molecule has 4 nitrogen and oxygen atoms in total. The largest absolute Gasteiger partial charge is 0.401 e. The molecule has 1 N–H and O–H groups in total. The van der Waals surface area contributed by atoms with Gasteiger partial charge in [0, 0.05) is 6.54 Å². The Morgan fingerprint density at radius 2 is 2.10 bits per heavy atom. The minimum atomic E-state index is -4.13. The molecule has 1 aromatic heterocycles. The number of hydrogen-bond acceptors (Lipinski definition) is 5. The highest BCUT2D eigenvalue weighted by Gasteiger charge is 2.32. The zero-order valence-electron chi connectivity index (χ0n) is 11.1. The highest BCUT2D eigenvalue weighted by atomic mass is 35.5. The zero-order chi connectivity index (χ0) is 15.5. The van der Waals surface area contributed by atoms with E-state index in [0.29, 0.717) is 49.0 Å². The number of nitrogens with zero attached hydrogens (tertiary/aromatic N) is 3. The summed E-state index contributed by atoms with van der Waals surface area (Å²) in [6.45, 7) is 0.671. The third kappa shape index (κ3) is 4.73. The molecular weight excluding hydrogens is 325 g/mol. The van der Waals surface area contributed by atoms with Crippen molar-refractivity contribution < 1.29 is 13.2 Å². The molecule has 0 atom stereocenters. The first-order chi connectivity index (χ1) is 9.89. The first-order valence-corrected chi connectivity index (χ1v) is 7.62. The number of nitrogens with one attached hydrogen (secondary N) is 1. The third-order valence-electron chi connectivity index (χ3n) is 3.42. The second-order valence-corrected chi connectivity index (χ2v) is 6.14. The Labute approximate surface area is 129 Å². The van der Waals surface area contributed by atoms with Gasteiger partial charge >= 0.3 is 6.18 Å². The van der Waals surface area contributed by atoms with E-state index in [0.717, 1.165) is 11.5 Å². The Morgan fingerprint density at radius 1 is 1.43 bits per heavy atom. The number of alkyl halides is 3. The number of halogens is 4. The Morgan fingerprint density at radius 3 is 2.67 bits per heavy atom. The molecule has 1 aromatic rings. The topological polar surface area (TPSA) is 52.0 Å². The fourth-order valence-electron chi connectivity index (χ4n) is 2.33. The molecule has 1 aliphatic rings. The first kappa shape index (κ1) is 16.3. The van der Waals surface area contributed by atoms with Crippen LogP contribution in [0.15, 0.2) is 0 Å². The summed E-state index contributed by atoms with van der Waals surface area (Å²) in [5.74, 6) is 0.293. The minimum Gasteiger partial charge on any atom is -0.374 e. The van der Waals surface area contributed by atoms with Crippen LogP contribution in [0, 0.1) is 17.2 Å². The normalized spacial score (nSPS) is 17.7. The smallest absolute Gasteiger partial charge is 0.374 e. The summed E-state index contributed by atoms with van der Waals surface area (Å²) in [7, 11) is 0. The van der Waals surface area contributed by atoms with Crippen LogP contribution in [-0.2, 0) is 0 Å². The van der Waals surface area contributed by atoms with Gasteiger partial charge in [-0.2, -0.15) is 22.8 Å². The van der Waals surface area contributed by atoms with Gasteiger partial charge in [0.25, 0.3) is 0 Å². The van der Waals surface area contributed by atoms with Crippen molar-refractivity contribution in [1.29, 1.82) is 5.26 Å². The Hall–Kier alpha value is -1.04. The fraction of sp³-hybridized carbons (Fsp3) is 0.667. The SMILES string of the molecule is N#Cc1c(Cl)nsc1NCC1CCN(CC(F)(F)F)CC1. The van der Waals surface area contributed by atoms with Gasteiger partial charge in [-0.3, -0.25) is 4.90 Å². The van der Waals surface area contributed by atoms with Gasteiger partial charge in [-0.25, -0.2) is 0 Å². The summed E-state index contributed by atoms with van der Waals surface area (Å²) >= 11 is 6.89. The lowest BCUT2D eigenvalue weighted by Crippen LogP contribution is -2.41. The van der Waals surface area contributed by atoms with Crippen molar-refractivity contribution >= 4 is 28.1 Å². The number of piperidine rings is 1. The number of likely N-dealkylation sites (tertiary alicyclic amines) is 1. The predicted molar refractivity (Wildman–Crippen MR) is 75.5 cm³/mol. The zero-order valence-corrected chi connectivity index (χ0v) is 12.7. The van der Waals surface area contributed by atoms with Crippen molar-refractivity contribution in [3.05, 3.63) is 10.7 Å². The summed E-state index contributed by atoms with van der Waals surface area (Å²) in [5, 5.41) is 12.9. The van der Waals surface area contributed by atoms with E-state index >= 15 is 0 Å². The van der Waals surface area contributed by atoms with Crippen LogP contribution in [0.1, 0.15) is 18.4 Å². The van der Waals surface area contributed by atoms with Gasteiger partial charge in [0.1, 0.15) is 16.6 Å². The Balaban J connectivity index is 1.78. The number of rotatable bonds is 4. The van der Waals surface area contributed by atoms with Crippen LogP contribution < -0.4 is 5.32 Å². The predicted octanol–water partition coefficient (Wildman–Crippen LogP) is 3.35. The van der Waals surface area contributed by atoms with Gasteiger partial charge in [-0.1, -0.05) is 11.6 Å². The summed E-state index contributed by atoms with van der Waals surface area (Å²) < 4.78 is 40.8. The van der Waals surface area contributed by atoms with Crippen LogP contribution in [0.4, 0.5) is 18.2 Å². The summed E-state index contributed by atoms with van der Waals surface area (Å²) in [6, 6.07) is 1.98. The second kappa shape index (κ2) is 6.81. The molecule has 2 rings (SSSR count). The van der Waals surface area contributed by atoms with Crippen LogP contribution in [0.3, 0.4) is 0 Å². The number of nitriles is 1. The monoisotopic (exact) mass is 338 g/mol. The van der Waals surface area contributed by atoms with Crippen molar-refractivity contribution in [3.8, 4) is 6.07 Å². The average Bonchev–Trinajstić information content (AvgIpc) is 2.76. The molecule has 0 radical (unpaired) electrons. The van der Waals surface area contributed by atoms with E-state index in [1.807, 2.05) is 6.07 Å². The summed E-state index contributed by atoms with van der Waals surface area (Å²) in [4.78, 5) is 1.43. The molecule has 1 fully saturated rings. The quantitative estimate of drug-likeness (QED) is 0.914. The van der Waals surface area contributed by atoms with Crippen molar-refractivity contribution in [1.82, 2.24) is 9.27 Å². The van der Waals surface area contributed by atoms with Crippen molar-refractivity contribution in [3.63, 3.8) is 0 Å². The van der Waals surface area contributed by atoms with E-state index in [1.54, 1.807) is 0 Å². The molecule has 0 aliphatic carbocycles. The van der Waals surface area contributed by atoms with Crippen LogP contribution >= 0.6 is 23.1 Å². The van der Waals surface area contributed by atoms with E-state index in [1.165, 1.54) is 4.90 Å². The van der Waals surface area contributed by atoms with Gasteiger partial charge in [-0.15, -0.1) is 0 Å². The van der Waals surface area contributed by atoms with E-state index in [-0.39, 0.29) is 5.15 Å². The fourth-order valence-corrected chi connectivity index (χ4v) is 3.27. The second-order valence-electron chi connectivity index (χ2n) is 5.00. The lowest BCUT2D eigenvalue weighted by atomic mass is 9.97. The molecule has 0 amide bonds. The molecule has 0 spiro atoms. The maximum absolute atomic E-state index is 12.3. The maximum atomic E-state index is 12.3. The Bertz CT molecular complexity index is 518. The van der Waals surface area contributed by atoms with Crippen LogP contribution in [0.5, 0.6) is 0 Å². The molecule has 0 aromatic carbocycles. The van der Waals surface area contributed by atoms with Gasteiger partial charge in [0.15, 0.2) is 5.15 Å². The molecule has 9 heteroatoms. The standard InChI is InChI=1S/C12H14ClF3N4S/c13-10-9(5-17)11(21-19-10)18-6-8-1-3-20(4-2-8)7-12(14,15)16/h8,18H,1-4,6-7H2.